The molecule has 0 saturated heterocycles. The van der Waals surface area contributed by atoms with Gasteiger partial charge in [-0.15, -0.1) is 0 Å². The van der Waals surface area contributed by atoms with Gasteiger partial charge < -0.3 is 9.84 Å². The minimum absolute atomic E-state index is 0.240. The van der Waals surface area contributed by atoms with Gasteiger partial charge in [0.25, 0.3) is 10.0 Å². The van der Waals surface area contributed by atoms with Gasteiger partial charge in [0.1, 0.15) is 0 Å². The van der Waals surface area contributed by atoms with Crippen LogP contribution in [0.15, 0.2) is 0 Å². The Labute approximate surface area is 142 Å². The van der Waals surface area contributed by atoms with E-state index in [4.69, 9.17) is 5.11 Å². The van der Waals surface area contributed by atoms with Gasteiger partial charge in [0.05, 0.1) is 19.8 Å². The molecule has 5 nitrogen and oxygen atoms in total. The molecule has 158 valence electrons. The van der Waals surface area contributed by atoms with Crippen molar-refractivity contribution in [3.63, 3.8) is 0 Å². The molecule has 26 heavy (non-hydrogen) atoms. The van der Waals surface area contributed by atoms with Crippen LogP contribution in [0.2, 0.25) is 0 Å². The van der Waals surface area contributed by atoms with Crippen molar-refractivity contribution < 1.29 is 57.8 Å². The summed E-state index contributed by atoms with van der Waals surface area (Å²) in [4.78, 5) is 0. The fraction of sp³-hybridized carbons (Fsp3) is 1.00. The van der Waals surface area contributed by atoms with Crippen molar-refractivity contribution in [1.82, 2.24) is 4.31 Å². The number of rotatable bonds is 11. The van der Waals surface area contributed by atoms with E-state index in [0.29, 0.717) is 0 Å². The SMILES string of the molecule is CCCN(CCOCCO)S(=O)(=O)C(F)(F)C(F)(F)C(F)(F)C(F)(F)F. The number of ether oxygens (including phenoxy) is 1. The first kappa shape index (κ1) is 25.2. The molecule has 0 atom stereocenters. The molecule has 15 heteroatoms. The van der Waals surface area contributed by atoms with E-state index < -0.39 is 59.6 Å². The second-order valence-electron chi connectivity index (χ2n) is 4.90. The molecular formula is C11H16F9NO4S. The molecule has 0 amide bonds. The zero-order valence-corrected chi connectivity index (χ0v) is 14.0. The molecule has 0 aliphatic heterocycles. The Morgan fingerprint density at radius 1 is 0.885 bits per heavy atom. The number of aliphatic hydroxyl groups is 1. The summed E-state index contributed by atoms with van der Waals surface area (Å²) >= 11 is 0. The molecule has 0 aromatic rings. The number of sulfonamides is 1. The topological polar surface area (TPSA) is 66.8 Å². The molecule has 0 spiro atoms. The number of halogens is 9. The highest BCUT2D eigenvalue weighted by Crippen LogP contribution is 2.55. The van der Waals surface area contributed by atoms with Crippen LogP contribution in [-0.4, -0.2) is 74.0 Å². The smallest absolute Gasteiger partial charge is 0.394 e. The first-order valence-electron chi connectivity index (χ1n) is 6.90. The summed E-state index contributed by atoms with van der Waals surface area (Å²) in [5.41, 5.74) is 0. The number of hydrogen-bond acceptors (Lipinski definition) is 4. The van der Waals surface area contributed by atoms with Crippen LogP contribution in [0.25, 0.3) is 0 Å². The van der Waals surface area contributed by atoms with E-state index in [2.05, 4.69) is 4.74 Å². The molecule has 1 N–H and O–H groups in total. The van der Waals surface area contributed by atoms with Crippen molar-refractivity contribution >= 4 is 10.0 Å². The van der Waals surface area contributed by atoms with Crippen LogP contribution >= 0.6 is 0 Å². The lowest BCUT2D eigenvalue weighted by Gasteiger charge is -2.35. The normalized spacial score (nSPS) is 14.9. The quantitative estimate of drug-likeness (QED) is 0.405. The molecular weight excluding hydrogens is 413 g/mol. The minimum Gasteiger partial charge on any atom is -0.394 e. The number of nitrogens with zero attached hydrogens (tertiary/aromatic N) is 1. The van der Waals surface area contributed by atoms with Crippen molar-refractivity contribution in [2.24, 2.45) is 0 Å². The molecule has 0 unspecified atom stereocenters. The van der Waals surface area contributed by atoms with Crippen LogP contribution in [-0.2, 0) is 14.8 Å². The standard InChI is InChI=1S/C11H16F9NO4S/c1-2-3-21(4-6-25-7-5-22)26(23,24)11(19,20)9(14,15)8(12,13)10(16,17)18/h22H,2-7H2,1H3. The summed E-state index contributed by atoms with van der Waals surface area (Å²) < 4.78 is 144. The number of alkyl halides is 9. The van der Waals surface area contributed by atoms with Gasteiger partial charge in [-0.25, -0.2) is 8.42 Å². The Morgan fingerprint density at radius 2 is 1.38 bits per heavy atom. The third-order valence-electron chi connectivity index (χ3n) is 2.97. The van der Waals surface area contributed by atoms with Crippen molar-refractivity contribution in [2.75, 3.05) is 32.9 Å². The molecule has 0 radical (unpaired) electrons. The second kappa shape index (κ2) is 8.48. The van der Waals surface area contributed by atoms with Crippen molar-refractivity contribution in [3.8, 4) is 0 Å². The average molecular weight is 429 g/mol. The average Bonchev–Trinajstić information content (AvgIpc) is 2.48. The van der Waals surface area contributed by atoms with Crippen LogP contribution in [0.3, 0.4) is 0 Å². The number of aliphatic hydroxyl groups excluding tert-OH is 1. The first-order chi connectivity index (χ1) is 11.5. The molecule has 0 saturated carbocycles. The van der Waals surface area contributed by atoms with Gasteiger partial charge in [0.2, 0.25) is 0 Å². The highest BCUT2D eigenvalue weighted by molar-refractivity contribution is 7.90. The monoisotopic (exact) mass is 429 g/mol. The molecule has 0 aliphatic rings. The lowest BCUT2D eigenvalue weighted by molar-refractivity contribution is -0.382. The Morgan fingerprint density at radius 3 is 1.77 bits per heavy atom. The summed E-state index contributed by atoms with van der Waals surface area (Å²) in [6.45, 7) is -2.30. The Hall–Kier alpha value is -0.800. The maximum Gasteiger partial charge on any atom is 0.460 e. The lowest BCUT2D eigenvalue weighted by Crippen LogP contribution is -2.65. The Bertz CT molecular complexity index is 550. The Kier molecular flexibility index (Phi) is 8.22. The van der Waals surface area contributed by atoms with Crippen molar-refractivity contribution in [1.29, 1.82) is 0 Å². The zero-order chi connectivity index (χ0) is 21.0. The van der Waals surface area contributed by atoms with Gasteiger partial charge in [0.15, 0.2) is 0 Å². The molecule has 0 aromatic carbocycles. The molecule has 0 heterocycles. The maximum absolute atomic E-state index is 13.7. The predicted molar refractivity (Wildman–Crippen MR) is 69.6 cm³/mol. The van der Waals surface area contributed by atoms with E-state index in [0.717, 1.165) is 0 Å². The van der Waals surface area contributed by atoms with E-state index in [1.807, 2.05) is 0 Å². The van der Waals surface area contributed by atoms with Gasteiger partial charge in [-0.05, 0) is 6.42 Å². The molecule has 0 rings (SSSR count). The third-order valence-corrected chi connectivity index (χ3v) is 4.92. The van der Waals surface area contributed by atoms with E-state index in [1.54, 1.807) is 0 Å². The maximum atomic E-state index is 13.7. The molecule has 0 aromatic heterocycles. The lowest BCUT2D eigenvalue weighted by atomic mass is 10.1. The number of hydrogen-bond donors (Lipinski definition) is 1. The van der Waals surface area contributed by atoms with E-state index in [-0.39, 0.29) is 17.3 Å². The van der Waals surface area contributed by atoms with Crippen molar-refractivity contribution in [2.45, 2.75) is 36.6 Å². The summed E-state index contributed by atoms with van der Waals surface area (Å²) in [5, 5.41) is 1.67. The molecule has 0 fully saturated rings. The highest BCUT2D eigenvalue weighted by atomic mass is 32.2. The van der Waals surface area contributed by atoms with Crippen LogP contribution in [0.1, 0.15) is 13.3 Å². The van der Waals surface area contributed by atoms with E-state index in [9.17, 15) is 47.9 Å². The van der Waals surface area contributed by atoms with Gasteiger partial charge in [-0.1, -0.05) is 6.92 Å². The van der Waals surface area contributed by atoms with Crippen LogP contribution in [0, 0.1) is 0 Å². The first-order valence-corrected chi connectivity index (χ1v) is 8.34. The predicted octanol–water partition coefficient (Wildman–Crippen LogP) is 2.46. The summed E-state index contributed by atoms with van der Waals surface area (Å²) in [7, 11) is -6.62. The van der Waals surface area contributed by atoms with Gasteiger partial charge in [0, 0.05) is 13.1 Å². The van der Waals surface area contributed by atoms with Gasteiger partial charge in [-0.3, -0.25) is 0 Å². The van der Waals surface area contributed by atoms with Gasteiger partial charge >= 0.3 is 23.3 Å². The fourth-order valence-corrected chi connectivity index (χ4v) is 3.13. The zero-order valence-electron chi connectivity index (χ0n) is 13.2. The van der Waals surface area contributed by atoms with Crippen LogP contribution < -0.4 is 0 Å². The van der Waals surface area contributed by atoms with Crippen LogP contribution in [0.5, 0.6) is 0 Å². The van der Waals surface area contributed by atoms with Gasteiger partial charge in [-0.2, -0.15) is 43.8 Å². The molecule has 0 bridgehead atoms. The summed E-state index contributed by atoms with van der Waals surface area (Å²) in [6.07, 6.45) is -7.36. The largest absolute Gasteiger partial charge is 0.460 e. The van der Waals surface area contributed by atoms with Crippen LogP contribution in [0.4, 0.5) is 39.5 Å². The summed E-state index contributed by atoms with van der Waals surface area (Å²) in [6, 6.07) is 0. The van der Waals surface area contributed by atoms with Crippen molar-refractivity contribution in [3.05, 3.63) is 0 Å². The third kappa shape index (κ3) is 4.54. The second-order valence-corrected chi connectivity index (χ2v) is 6.88. The van der Waals surface area contributed by atoms with E-state index in [1.165, 1.54) is 6.92 Å². The van der Waals surface area contributed by atoms with E-state index >= 15 is 0 Å². The minimum atomic E-state index is -7.30. The summed E-state index contributed by atoms with van der Waals surface area (Å²) in [5.74, 6) is -14.6. The molecule has 0 aliphatic carbocycles. The fourth-order valence-electron chi connectivity index (χ4n) is 1.62. The highest BCUT2D eigenvalue weighted by Gasteiger charge is 2.85. The Balaban J connectivity index is 5.87.